The van der Waals surface area contributed by atoms with Gasteiger partial charge in [-0.05, 0) is 93.5 Å². The van der Waals surface area contributed by atoms with E-state index in [2.05, 4.69) is 32.6 Å². The van der Waals surface area contributed by atoms with Gasteiger partial charge in [-0.15, -0.1) is 0 Å². The standard InChI is InChI=1S/C32H49NO4/c1-20-15-29-30(33(19-20)11-13-36-14-12-34)22(3)32(37-29)10-8-25-26-6-5-23-16-24(35)7-9-31(23,4)28(26)17-27(25)21(2)18-32/h16,20,22,25-26,28-30,34H,5-15,17-19H2,1-4H3/t20-,22+,25-,26-,28-,29+,30-,31-,32-/m0/s1. The molecule has 2 saturated carbocycles. The van der Waals surface area contributed by atoms with Crippen LogP contribution in [-0.4, -0.2) is 66.4 Å². The van der Waals surface area contributed by atoms with E-state index in [9.17, 15) is 4.79 Å². The van der Waals surface area contributed by atoms with Gasteiger partial charge in [0.1, 0.15) is 0 Å². The molecule has 9 atom stereocenters. The number of likely N-dealkylation sites (tertiary alicyclic amines) is 1. The predicted octanol–water partition coefficient (Wildman–Crippen LogP) is 5.32. The molecule has 6 rings (SSSR count). The van der Waals surface area contributed by atoms with Crippen molar-refractivity contribution in [2.24, 2.45) is 35.0 Å². The van der Waals surface area contributed by atoms with E-state index in [1.54, 1.807) is 11.1 Å². The summed E-state index contributed by atoms with van der Waals surface area (Å²) in [5.74, 6) is 3.70. The molecule has 0 aromatic heterocycles. The fraction of sp³-hybridized carbons (Fsp3) is 0.844. The Morgan fingerprint density at radius 1 is 1.19 bits per heavy atom. The van der Waals surface area contributed by atoms with Crippen molar-refractivity contribution in [3.63, 3.8) is 0 Å². The Hall–Kier alpha value is -1.01. The molecular formula is C32H49NO4. The molecule has 6 aliphatic rings. The van der Waals surface area contributed by atoms with E-state index in [0.717, 1.165) is 44.7 Å². The first kappa shape index (κ1) is 26.2. The van der Waals surface area contributed by atoms with Gasteiger partial charge in [0, 0.05) is 31.5 Å². The summed E-state index contributed by atoms with van der Waals surface area (Å²) in [5.41, 5.74) is 5.04. The average molecular weight is 512 g/mol. The van der Waals surface area contributed by atoms with Crippen LogP contribution in [0.4, 0.5) is 0 Å². The van der Waals surface area contributed by atoms with Crippen molar-refractivity contribution in [3.8, 4) is 0 Å². The average Bonchev–Trinajstić information content (AvgIpc) is 3.32. The summed E-state index contributed by atoms with van der Waals surface area (Å²) in [5, 5.41) is 9.10. The van der Waals surface area contributed by atoms with E-state index in [0.29, 0.717) is 54.8 Å². The molecule has 0 unspecified atom stereocenters. The molecular weight excluding hydrogens is 462 g/mol. The third kappa shape index (κ3) is 4.31. The summed E-state index contributed by atoms with van der Waals surface area (Å²) in [7, 11) is 0. The van der Waals surface area contributed by atoms with Gasteiger partial charge in [0.2, 0.25) is 0 Å². The minimum absolute atomic E-state index is 0.0403. The van der Waals surface area contributed by atoms with Gasteiger partial charge in [-0.1, -0.05) is 37.5 Å². The summed E-state index contributed by atoms with van der Waals surface area (Å²) in [4.78, 5) is 14.8. The number of hydrogen-bond acceptors (Lipinski definition) is 5. The van der Waals surface area contributed by atoms with Gasteiger partial charge >= 0.3 is 0 Å². The van der Waals surface area contributed by atoms with Crippen LogP contribution < -0.4 is 0 Å². The van der Waals surface area contributed by atoms with Gasteiger partial charge in [-0.25, -0.2) is 0 Å². The maximum absolute atomic E-state index is 12.2. The van der Waals surface area contributed by atoms with Crippen LogP contribution in [0.2, 0.25) is 0 Å². The number of hydrogen-bond donors (Lipinski definition) is 1. The van der Waals surface area contributed by atoms with E-state index in [1.165, 1.54) is 37.7 Å². The number of nitrogens with zero attached hydrogens (tertiary/aromatic N) is 1. The zero-order chi connectivity index (χ0) is 25.9. The second-order valence-corrected chi connectivity index (χ2v) is 13.9. The smallest absolute Gasteiger partial charge is 0.155 e. The first-order chi connectivity index (χ1) is 17.8. The van der Waals surface area contributed by atoms with Crippen LogP contribution in [0.1, 0.15) is 85.5 Å². The Morgan fingerprint density at radius 3 is 2.84 bits per heavy atom. The Labute approximate surface area is 224 Å². The lowest BCUT2D eigenvalue weighted by atomic mass is 9.56. The van der Waals surface area contributed by atoms with Crippen molar-refractivity contribution >= 4 is 5.78 Å². The molecule has 206 valence electrons. The minimum Gasteiger partial charge on any atom is -0.394 e. The Morgan fingerprint density at radius 2 is 2.03 bits per heavy atom. The Kier molecular flexibility index (Phi) is 7.00. The molecule has 2 aliphatic heterocycles. The number of rotatable bonds is 5. The van der Waals surface area contributed by atoms with Crippen molar-refractivity contribution in [3.05, 3.63) is 22.8 Å². The second kappa shape index (κ2) is 9.87. The lowest BCUT2D eigenvalue weighted by Gasteiger charge is -2.48. The van der Waals surface area contributed by atoms with Crippen molar-refractivity contribution in [1.82, 2.24) is 4.90 Å². The summed E-state index contributed by atoms with van der Waals surface area (Å²) >= 11 is 0. The monoisotopic (exact) mass is 511 g/mol. The molecule has 0 aromatic carbocycles. The summed E-state index contributed by atoms with van der Waals surface area (Å²) in [6.07, 6.45) is 12.5. The van der Waals surface area contributed by atoms with Crippen LogP contribution in [0.25, 0.3) is 0 Å². The SMILES string of the molecule is CC1=C2C[C@H]3[C@@H](CCC4=CC(=O)CC[C@@]43C)[C@@H]2CC[C@@]2(C1)O[C@@H]1C[C@H](C)CN(CCOCCO)[C@H]1[C@H]2C. The third-order valence-electron chi connectivity index (χ3n) is 11.9. The highest BCUT2D eigenvalue weighted by Gasteiger charge is 2.59. The highest BCUT2D eigenvalue weighted by molar-refractivity contribution is 5.91. The lowest BCUT2D eigenvalue weighted by Crippen LogP contribution is -2.52. The van der Waals surface area contributed by atoms with Gasteiger partial charge in [-0.2, -0.15) is 0 Å². The number of carbonyl (C=O) groups excluding carboxylic acids is 1. The molecule has 5 heteroatoms. The highest BCUT2D eigenvalue weighted by Crippen LogP contribution is 2.64. The topological polar surface area (TPSA) is 59.0 Å². The number of fused-ring (bicyclic) bond motifs is 6. The molecule has 1 spiro atoms. The van der Waals surface area contributed by atoms with Gasteiger partial charge in [-0.3, -0.25) is 9.69 Å². The summed E-state index contributed by atoms with van der Waals surface area (Å²) < 4.78 is 12.9. The van der Waals surface area contributed by atoms with Crippen LogP contribution in [0.3, 0.4) is 0 Å². The zero-order valence-electron chi connectivity index (χ0n) is 23.6. The third-order valence-corrected chi connectivity index (χ3v) is 11.9. The molecule has 0 aromatic rings. The second-order valence-electron chi connectivity index (χ2n) is 13.9. The number of ether oxygens (including phenoxy) is 2. The zero-order valence-corrected chi connectivity index (χ0v) is 23.6. The molecule has 5 nitrogen and oxygen atoms in total. The molecule has 4 fully saturated rings. The normalized spacial score (nSPS) is 45.8. The molecule has 37 heavy (non-hydrogen) atoms. The maximum atomic E-state index is 12.2. The van der Waals surface area contributed by atoms with E-state index in [1.807, 2.05) is 6.08 Å². The molecule has 0 bridgehead atoms. The molecule has 4 aliphatic carbocycles. The van der Waals surface area contributed by atoms with Gasteiger partial charge in [0.15, 0.2) is 5.78 Å². The van der Waals surface area contributed by atoms with Crippen molar-refractivity contribution < 1.29 is 19.4 Å². The molecule has 2 saturated heterocycles. The predicted molar refractivity (Wildman–Crippen MR) is 145 cm³/mol. The fourth-order valence-corrected chi connectivity index (χ4v) is 10.1. The number of ketones is 1. The quantitative estimate of drug-likeness (QED) is 0.400. The number of allylic oxidation sites excluding steroid dienone is 3. The van der Waals surface area contributed by atoms with Crippen LogP contribution in [0.15, 0.2) is 22.8 Å². The number of piperidine rings is 1. The summed E-state index contributed by atoms with van der Waals surface area (Å²) in [6, 6.07) is 0.471. The van der Waals surface area contributed by atoms with Crippen molar-refractivity contribution in [1.29, 1.82) is 0 Å². The number of aliphatic hydroxyl groups is 1. The van der Waals surface area contributed by atoms with E-state index >= 15 is 0 Å². The molecule has 0 amide bonds. The van der Waals surface area contributed by atoms with E-state index in [4.69, 9.17) is 14.6 Å². The van der Waals surface area contributed by atoms with Gasteiger partial charge in [0.05, 0.1) is 31.5 Å². The highest BCUT2D eigenvalue weighted by atomic mass is 16.5. The largest absolute Gasteiger partial charge is 0.394 e. The van der Waals surface area contributed by atoms with Crippen LogP contribution in [-0.2, 0) is 14.3 Å². The van der Waals surface area contributed by atoms with Crippen LogP contribution in [0, 0.1) is 35.0 Å². The first-order valence-electron chi connectivity index (χ1n) is 15.3. The van der Waals surface area contributed by atoms with E-state index < -0.39 is 0 Å². The van der Waals surface area contributed by atoms with Crippen molar-refractivity contribution in [2.45, 2.75) is 103 Å². The molecule has 0 radical (unpaired) electrons. The lowest BCUT2D eigenvalue weighted by molar-refractivity contribution is -0.116. The summed E-state index contributed by atoms with van der Waals surface area (Å²) in [6.45, 7) is 13.0. The molecule has 1 N–H and O–H groups in total. The fourth-order valence-electron chi connectivity index (χ4n) is 10.1. The number of carbonyl (C=O) groups is 1. The van der Waals surface area contributed by atoms with Gasteiger partial charge < -0.3 is 14.6 Å². The Balaban J connectivity index is 1.23. The Bertz CT molecular complexity index is 972. The number of aliphatic hydroxyl groups excluding tert-OH is 1. The first-order valence-corrected chi connectivity index (χ1v) is 15.3. The van der Waals surface area contributed by atoms with Crippen LogP contribution in [0.5, 0.6) is 0 Å². The molecule has 2 heterocycles. The van der Waals surface area contributed by atoms with Crippen molar-refractivity contribution in [2.75, 3.05) is 32.9 Å². The maximum Gasteiger partial charge on any atom is 0.155 e. The van der Waals surface area contributed by atoms with Gasteiger partial charge in [0.25, 0.3) is 0 Å². The minimum atomic E-state index is -0.0403. The van der Waals surface area contributed by atoms with E-state index in [-0.39, 0.29) is 17.6 Å². The van der Waals surface area contributed by atoms with Crippen LogP contribution >= 0.6 is 0 Å².